The number of H-pyrrole nitrogens is 1. The molecule has 0 unspecified atom stereocenters. The summed E-state index contributed by atoms with van der Waals surface area (Å²) in [4.78, 5) is 22.0. The number of carbonyl (C=O) groups is 1. The predicted octanol–water partition coefficient (Wildman–Crippen LogP) is 3.07. The van der Waals surface area contributed by atoms with Gasteiger partial charge in [0.1, 0.15) is 5.69 Å². The summed E-state index contributed by atoms with van der Waals surface area (Å²) in [6, 6.07) is 10.0. The van der Waals surface area contributed by atoms with Gasteiger partial charge in [-0.15, -0.1) is 0 Å². The lowest BCUT2D eigenvalue weighted by atomic mass is 10.0. The fourth-order valence-corrected chi connectivity index (χ4v) is 3.07. The van der Waals surface area contributed by atoms with Crippen LogP contribution in [0.5, 0.6) is 0 Å². The average molecular weight is 277 g/mol. The third-order valence-corrected chi connectivity index (χ3v) is 4.16. The largest absolute Gasteiger partial charge is 0.350 e. The van der Waals surface area contributed by atoms with Crippen molar-refractivity contribution in [1.82, 2.24) is 9.97 Å². The molecule has 0 spiro atoms. The summed E-state index contributed by atoms with van der Waals surface area (Å²) in [7, 11) is 0. The number of hydrogen-bond donors (Lipinski definition) is 1. The van der Waals surface area contributed by atoms with Gasteiger partial charge in [-0.1, -0.05) is 18.2 Å². The molecule has 1 aliphatic heterocycles. The van der Waals surface area contributed by atoms with Crippen molar-refractivity contribution < 1.29 is 4.79 Å². The highest BCUT2D eigenvalue weighted by Gasteiger charge is 2.29. The molecule has 0 atom stereocenters. The van der Waals surface area contributed by atoms with Gasteiger partial charge in [0.2, 0.25) is 0 Å². The summed E-state index contributed by atoms with van der Waals surface area (Å²) in [6.45, 7) is 2.70. The Labute approximate surface area is 122 Å². The summed E-state index contributed by atoms with van der Waals surface area (Å²) in [5, 5.41) is 1.16. The molecule has 0 aliphatic carbocycles. The smallest absolute Gasteiger partial charge is 0.275 e. The molecule has 1 aliphatic rings. The second kappa shape index (κ2) is 4.45. The first-order chi connectivity index (χ1) is 10.3. The number of anilines is 1. The lowest BCUT2D eigenvalue weighted by Gasteiger charge is -2.27. The maximum absolute atomic E-state index is 12.8. The number of para-hydroxylation sites is 1. The molecule has 0 saturated heterocycles. The van der Waals surface area contributed by atoms with Gasteiger partial charge in [-0.2, -0.15) is 0 Å². The van der Waals surface area contributed by atoms with E-state index in [2.05, 4.69) is 16.0 Å². The minimum atomic E-state index is 0.0311. The first-order valence-corrected chi connectivity index (χ1v) is 7.08. The van der Waals surface area contributed by atoms with Crippen molar-refractivity contribution in [1.29, 1.82) is 0 Å². The van der Waals surface area contributed by atoms with Gasteiger partial charge in [0, 0.05) is 23.6 Å². The molecule has 1 aromatic carbocycles. The van der Waals surface area contributed by atoms with Crippen molar-refractivity contribution in [3.05, 3.63) is 59.5 Å². The van der Waals surface area contributed by atoms with Gasteiger partial charge in [-0.3, -0.25) is 9.78 Å². The second-order valence-corrected chi connectivity index (χ2v) is 5.39. The summed E-state index contributed by atoms with van der Waals surface area (Å²) < 4.78 is 0. The van der Waals surface area contributed by atoms with E-state index < -0.39 is 0 Å². The molecule has 0 bridgehead atoms. The van der Waals surface area contributed by atoms with Crippen LogP contribution >= 0.6 is 0 Å². The topological polar surface area (TPSA) is 49.0 Å². The number of fused-ring (bicyclic) bond motifs is 3. The van der Waals surface area contributed by atoms with Crippen molar-refractivity contribution >= 4 is 22.5 Å². The van der Waals surface area contributed by atoms with E-state index in [1.165, 1.54) is 0 Å². The van der Waals surface area contributed by atoms with Crippen LogP contribution in [-0.4, -0.2) is 22.4 Å². The molecule has 1 N–H and O–H groups in total. The van der Waals surface area contributed by atoms with Gasteiger partial charge in [0.15, 0.2) is 0 Å². The van der Waals surface area contributed by atoms with E-state index in [0.29, 0.717) is 12.2 Å². The average Bonchev–Trinajstić information content (AvgIpc) is 2.89. The van der Waals surface area contributed by atoms with E-state index in [9.17, 15) is 4.79 Å². The van der Waals surface area contributed by atoms with Gasteiger partial charge in [0.25, 0.3) is 5.91 Å². The lowest BCUT2D eigenvalue weighted by Crippen LogP contribution is -2.38. The highest BCUT2D eigenvalue weighted by Crippen LogP contribution is 2.30. The highest BCUT2D eigenvalue weighted by molar-refractivity contribution is 6.10. The minimum absolute atomic E-state index is 0.0311. The molecule has 2 aromatic heterocycles. The van der Waals surface area contributed by atoms with Crippen LogP contribution in [0.3, 0.4) is 0 Å². The third kappa shape index (κ3) is 1.76. The number of aryl methyl sites for hydroxylation is 1. The zero-order chi connectivity index (χ0) is 14.4. The van der Waals surface area contributed by atoms with Gasteiger partial charge in [-0.05, 0) is 36.6 Å². The fourth-order valence-electron chi connectivity index (χ4n) is 3.07. The molecule has 0 saturated carbocycles. The van der Waals surface area contributed by atoms with Crippen LogP contribution in [0.15, 0.2) is 42.7 Å². The third-order valence-electron chi connectivity index (χ3n) is 4.16. The fraction of sp³-hybridized carbons (Fsp3) is 0.176. The number of nitrogens with one attached hydrogen (secondary N) is 1. The molecule has 4 heteroatoms. The Kier molecular flexibility index (Phi) is 2.57. The molecule has 3 heterocycles. The van der Waals surface area contributed by atoms with E-state index in [-0.39, 0.29) is 5.91 Å². The monoisotopic (exact) mass is 277 g/mol. The number of aromatic amines is 1. The van der Waals surface area contributed by atoms with E-state index in [0.717, 1.165) is 34.1 Å². The summed E-state index contributed by atoms with van der Waals surface area (Å²) >= 11 is 0. The van der Waals surface area contributed by atoms with Crippen LogP contribution in [0.25, 0.3) is 10.9 Å². The predicted molar refractivity (Wildman–Crippen MR) is 82.7 cm³/mol. The second-order valence-electron chi connectivity index (χ2n) is 5.39. The van der Waals surface area contributed by atoms with E-state index in [1.54, 1.807) is 12.4 Å². The highest BCUT2D eigenvalue weighted by atomic mass is 16.2. The van der Waals surface area contributed by atoms with Crippen LogP contribution in [0, 0.1) is 6.92 Å². The molecule has 4 rings (SSSR count). The van der Waals surface area contributed by atoms with Crippen molar-refractivity contribution in [2.75, 3.05) is 11.4 Å². The normalized spacial score (nSPS) is 14.5. The molecule has 0 fully saturated rings. The first kappa shape index (κ1) is 12.1. The Bertz CT molecular complexity index is 850. The molecule has 0 radical (unpaired) electrons. The van der Waals surface area contributed by atoms with E-state index in [1.807, 2.05) is 36.1 Å². The van der Waals surface area contributed by atoms with Gasteiger partial charge >= 0.3 is 0 Å². The van der Waals surface area contributed by atoms with Crippen molar-refractivity contribution in [2.24, 2.45) is 0 Å². The molecule has 104 valence electrons. The van der Waals surface area contributed by atoms with E-state index in [4.69, 9.17) is 0 Å². The SMILES string of the molecule is Cc1ccncc1N1CCc2c([nH]c3ccccc23)C1=O. The molecule has 21 heavy (non-hydrogen) atoms. The number of amides is 1. The number of hydrogen-bond acceptors (Lipinski definition) is 2. The quantitative estimate of drug-likeness (QED) is 0.743. The van der Waals surface area contributed by atoms with Crippen LogP contribution in [-0.2, 0) is 6.42 Å². The van der Waals surface area contributed by atoms with Crippen LogP contribution in [0.1, 0.15) is 21.6 Å². The first-order valence-electron chi connectivity index (χ1n) is 7.08. The molecule has 3 aromatic rings. The number of rotatable bonds is 1. The Balaban J connectivity index is 1.84. The Hall–Kier alpha value is -2.62. The van der Waals surface area contributed by atoms with Gasteiger partial charge in [-0.25, -0.2) is 0 Å². The Morgan fingerprint density at radius 1 is 1.24 bits per heavy atom. The molecule has 1 amide bonds. The number of aromatic nitrogens is 2. The van der Waals surface area contributed by atoms with Crippen molar-refractivity contribution in [3.8, 4) is 0 Å². The maximum Gasteiger partial charge on any atom is 0.275 e. The summed E-state index contributed by atoms with van der Waals surface area (Å²) in [5.74, 6) is 0.0311. The Morgan fingerprint density at radius 2 is 2.10 bits per heavy atom. The van der Waals surface area contributed by atoms with Gasteiger partial charge < -0.3 is 9.88 Å². The molecular formula is C17H15N3O. The zero-order valence-corrected chi connectivity index (χ0v) is 11.8. The number of benzene rings is 1. The zero-order valence-electron chi connectivity index (χ0n) is 11.8. The maximum atomic E-state index is 12.8. The van der Waals surface area contributed by atoms with Crippen molar-refractivity contribution in [2.45, 2.75) is 13.3 Å². The summed E-state index contributed by atoms with van der Waals surface area (Å²) in [6.07, 6.45) is 4.38. The Morgan fingerprint density at radius 3 is 2.95 bits per heavy atom. The minimum Gasteiger partial charge on any atom is -0.350 e. The standard InChI is InChI=1S/C17H15N3O/c1-11-6-8-18-10-15(11)20-9-7-13-12-4-2-3-5-14(12)19-16(13)17(20)21/h2-6,8,10,19H,7,9H2,1H3. The molecular weight excluding hydrogens is 262 g/mol. The summed E-state index contributed by atoms with van der Waals surface area (Å²) in [5.41, 5.74) is 4.84. The van der Waals surface area contributed by atoms with Crippen LogP contribution in [0.4, 0.5) is 5.69 Å². The number of carbonyl (C=O) groups excluding carboxylic acids is 1. The van der Waals surface area contributed by atoms with Crippen LogP contribution in [0.2, 0.25) is 0 Å². The van der Waals surface area contributed by atoms with Crippen LogP contribution < -0.4 is 4.90 Å². The number of pyridine rings is 1. The lowest BCUT2D eigenvalue weighted by molar-refractivity contribution is 0.0976. The van der Waals surface area contributed by atoms with Crippen molar-refractivity contribution in [3.63, 3.8) is 0 Å². The van der Waals surface area contributed by atoms with E-state index >= 15 is 0 Å². The van der Waals surface area contributed by atoms with Gasteiger partial charge in [0.05, 0.1) is 11.9 Å². The number of nitrogens with zero attached hydrogens (tertiary/aromatic N) is 2. The molecule has 4 nitrogen and oxygen atoms in total.